The molecule has 12 heavy (non-hydrogen) atoms. The highest BCUT2D eigenvalue weighted by molar-refractivity contribution is 5.18. The van der Waals surface area contributed by atoms with Crippen LogP contribution in [0.15, 0.2) is 43.0 Å². The summed E-state index contributed by atoms with van der Waals surface area (Å²) in [6.07, 6.45) is 1.75. The maximum Gasteiger partial charge on any atom is 0.130 e. The van der Waals surface area contributed by atoms with Gasteiger partial charge in [-0.25, -0.2) is 4.39 Å². The van der Waals surface area contributed by atoms with E-state index in [1.807, 2.05) is 30.3 Å². The summed E-state index contributed by atoms with van der Waals surface area (Å²) in [6, 6.07) is 9.58. The molecule has 0 radical (unpaired) electrons. The minimum absolute atomic E-state index is 0.400. The SMILES string of the molecule is C=CC(C)(F)Cc1ccccc1. The number of benzene rings is 1. The first-order valence-electron chi connectivity index (χ1n) is 4.00. The van der Waals surface area contributed by atoms with Gasteiger partial charge in [0.25, 0.3) is 0 Å². The van der Waals surface area contributed by atoms with Gasteiger partial charge >= 0.3 is 0 Å². The van der Waals surface area contributed by atoms with E-state index in [1.165, 1.54) is 13.0 Å². The van der Waals surface area contributed by atoms with E-state index in [9.17, 15) is 4.39 Å². The van der Waals surface area contributed by atoms with E-state index < -0.39 is 5.67 Å². The van der Waals surface area contributed by atoms with Gasteiger partial charge in [0.1, 0.15) is 5.67 Å². The van der Waals surface area contributed by atoms with Crippen LogP contribution in [0.25, 0.3) is 0 Å². The third-order valence-electron chi connectivity index (χ3n) is 1.82. The number of hydrogen-bond donors (Lipinski definition) is 0. The van der Waals surface area contributed by atoms with Gasteiger partial charge in [-0.15, -0.1) is 0 Å². The minimum Gasteiger partial charge on any atom is -0.239 e. The summed E-state index contributed by atoms with van der Waals surface area (Å²) in [4.78, 5) is 0. The summed E-state index contributed by atoms with van der Waals surface area (Å²) in [5.74, 6) is 0. The smallest absolute Gasteiger partial charge is 0.130 e. The number of allylic oxidation sites excluding steroid dienone is 1. The lowest BCUT2D eigenvalue weighted by molar-refractivity contribution is 0.257. The van der Waals surface area contributed by atoms with Gasteiger partial charge in [0.05, 0.1) is 0 Å². The Labute approximate surface area is 72.7 Å². The highest BCUT2D eigenvalue weighted by Crippen LogP contribution is 2.17. The third-order valence-corrected chi connectivity index (χ3v) is 1.82. The summed E-state index contributed by atoms with van der Waals surface area (Å²) in [5, 5.41) is 0. The fourth-order valence-corrected chi connectivity index (χ4v) is 1.07. The van der Waals surface area contributed by atoms with Gasteiger partial charge < -0.3 is 0 Å². The average molecular weight is 164 g/mol. The molecular weight excluding hydrogens is 151 g/mol. The fourth-order valence-electron chi connectivity index (χ4n) is 1.07. The van der Waals surface area contributed by atoms with Crippen LogP contribution in [-0.2, 0) is 6.42 Å². The molecule has 0 spiro atoms. The molecule has 1 atom stereocenters. The van der Waals surface area contributed by atoms with Crippen LogP contribution in [0.4, 0.5) is 4.39 Å². The van der Waals surface area contributed by atoms with Gasteiger partial charge in [-0.1, -0.05) is 43.0 Å². The van der Waals surface area contributed by atoms with Crippen LogP contribution in [0, 0.1) is 0 Å². The molecule has 0 aliphatic heterocycles. The molecule has 0 aliphatic carbocycles. The van der Waals surface area contributed by atoms with Crippen molar-refractivity contribution in [2.45, 2.75) is 19.0 Å². The van der Waals surface area contributed by atoms with Gasteiger partial charge in [-0.3, -0.25) is 0 Å². The standard InChI is InChI=1S/C11H13F/c1-3-11(2,12)9-10-7-5-4-6-8-10/h3-8H,1,9H2,2H3. The zero-order valence-corrected chi connectivity index (χ0v) is 7.26. The van der Waals surface area contributed by atoms with Crippen LogP contribution in [-0.4, -0.2) is 5.67 Å². The first-order valence-corrected chi connectivity index (χ1v) is 4.00. The summed E-state index contributed by atoms with van der Waals surface area (Å²) in [6.45, 7) is 4.99. The van der Waals surface area contributed by atoms with Gasteiger partial charge in [0.2, 0.25) is 0 Å². The maximum absolute atomic E-state index is 13.4. The van der Waals surface area contributed by atoms with Crippen molar-refractivity contribution in [1.29, 1.82) is 0 Å². The van der Waals surface area contributed by atoms with Gasteiger partial charge in [-0.05, 0) is 12.5 Å². The second kappa shape index (κ2) is 3.53. The van der Waals surface area contributed by atoms with Crippen molar-refractivity contribution in [3.8, 4) is 0 Å². The zero-order valence-electron chi connectivity index (χ0n) is 7.26. The van der Waals surface area contributed by atoms with Crippen molar-refractivity contribution in [1.82, 2.24) is 0 Å². The maximum atomic E-state index is 13.4. The minimum atomic E-state index is -1.29. The molecule has 64 valence electrons. The Balaban J connectivity index is 2.70. The van der Waals surface area contributed by atoms with Crippen LogP contribution in [0.5, 0.6) is 0 Å². The van der Waals surface area contributed by atoms with Crippen LogP contribution in [0.1, 0.15) is 12.5 Å². The third kappa shape index (κ3) is 2.50. The largest absolute Gasteiger partial charge is 0.239 e. The van der Waals surface area contributed by atoms with Crippen molar-refractivity contribution >= 4 is 0 Å². The molecule has 0 saturated heterocycles. The molecule has 0 aliphatic rings. The molecule has 0 aromatic heterocycles. The highest BCUT2D eigenvalue weighted by atomic mass is 19.1. The lowest BCUT2D eigenvalue weighted by atomic mass is 9.99. The summed E-state index contributed by atoms with van der Waals surface area (Å²) < 4.78 is 13.4. The lowest BCUT2D eigenvalue weighted by Crippen LogP contribution is -2.17. The second-order valence-electron chi connectivity index (χ2n) is 3.14. The van der Waals surface area contributed by atoms with E-state index in [0.29, 0.717) is 6.42 Å². The molecule has 1 unspecified atom stereocenters. The Kier molecular flexibility index (Phi) is 2.64. The molecule has 1 aromatic carbocycles. The van der Waals surface area contributed by atoms with Crippen LogP contribution in [0.2, 0.25) is 0 Å². The van der Waals surface area contributed by atoms with E-state index in [2.05, 4.69) is 6.58 Å². The molecule has 0 saturated carbocycles. The van der Waals surface area contributed by atoms with Crippen molar-refractivity contribution < 1.29 is 4.39 Å². The number of hydrogen-bond acceptors (Lipinski definition) is 0. The van der Waals surface area contributed by atoms with E-state index in [4.69, 9.17) is 0 Å². The second-order valence-corrected chi connectivity index (χ2v) is 3.14. The van der Waals surface area contributed by atoms with Gasteiger partial charge in [0.15, 0.2) is 0 Å². The summed E-state index contributed by atoms with van der Waals surface area (Å²) in [5.41, 5.74) is -0.288. The highest BCUT2D eigenvalue weighted by Gasteiger charge is 2.18. The quantitative estimate of drug-likeness (QED) is 0.602. The number of rotatable bonds is 3. The molecule has 1 heteroatoms. The molecule has 0 heterocycles. The van der Waals surface area contributed by atoms with E-state index >= 15 is 0 Å². The average Bonchev–Trinajstić information content (AvgIpc) is 2.06. The summed E-state index contributed by atoms with van der Waals surface area (Å²) >= 11 is 0. The van der Waals surface area contributed by atoms with Crippen LogP contribution in [0.3, 0.4) is 0 Å². The molecular formula is C11H13F. The Morgan fingerprint density at radius 3 is 2.50 bits per heavy atom. The predicted octanol–water partition coefficient (Wildman–Crippen LogP) is 3.14. The molecule has 0 N–H and O–H groups in total. The predicted molar refractivity (Wildman–Crippen MR) is 49.9 cm³/mol. The Bertz CT molecular complexity index is 249. The van der Waals surface area contributed by atoms with Crippen LogP contribution >= 0.6 is 0 Å². The first kappa shape index (κ1) is 8.98. The Morgan fingerprint density at radius 2 is 2.00 bits per heavy atom. The lowest BCUT2D eigenvalue weighted by Gasteiger charge is -2.14. The molecule has 1 aromatic rings. The molecule has 0 bridgehead atoms. The number of alkyl halides is 1. The molecule has 0 nitrogen and oxygen atoms in total. The van der Waals surface area contributed by atoms with E-state index in [-0.39, 0.29) is 0 Å². The topological polar surface area (TPSA) is 0 Å². The van der Waals surface area contributed by atoms with Gasteiger partial charge in [-0.2, -0.15) is 0 Å². The Morgan fingerprint density at radius 1 is 1.42 bits per heavy atom. The normalized spacial score (nSPS) is 15.2. The first-order chi connectivity index (χ1) is 5.64. The van der Waals surface area contributed by atoms with Crippen LogP contribution < -0.4 is 0 Å². The van der Waals surface area contributed by atoms with Crippen molar-refractivity contribution in [3.05, 3.63) is 48.6 Å². The molecule has 0 amide bonds. The number of halogens is 1. The Hall–Kier alpha value is -1.11. The van der Waals surface area contributed by atoms with Crippen molar-refractivity contribution in [2.24, 2.45) is 0 Å². The van der Waals surface area contributed by atoms with Crippen molar-refractivity contribution in [3.63, 3.8) is 0 Å². The molecule has 0 fully saturated rings. The van der Waals surface area contributed by atoms with Crippen molar-refractivity contribution in [2.75, 3.05) is 0 Å². The molecule has 1 rings (SSSR count). The zero-order chi connectivity index (χ0) is 9.03. The van der Waals surface area contributed by atoms with E-state index in [0.717, 1.165) is 5.56 Å². The van der Waals surface area contributed by atoms with Gasteiger partial charge in [0, 0.05) is 6.42 Å². The monoisotopic (exact) mass is 164 g/mol. The van der Waals surface area contributed by atoms with E-state index in [1.54, 1.807) is 0 Å². The summed E-state index contributed by atoms with van der Waals surface area (Å²) in [7, 11) is 0. The fraction of sp³-hybridized carbons (Fsp3) is 0.273.